The average Bonchev–Trinajstić information content (AvgIpc) is 2.79. The van der Waals surface area contributed by atoms with Gasteiger partial charge in [0.05, 0.1) is 5.69 Å². The van der Waals surface area contributed by atoms with Crippen molar-refractivity contribution in [3.05, 3.63) is 16.4 Å². The van der Waals surface area contributed by atoms with Crippen LogP contribution in [0.15, 0.2) is 0 Å². The van der Waals surface area contributed by atoms with E-state index in [0.29, 0.717) is 6.04 Å². The Morgan fingerprint density at radius 3 is 2.65 bits per heavy atom. The van der Waals surface area contributed by atoms with Crippen LogP contribution in [0.5, 0.6) is 0 Å². The lowest BCUT2D eigenvalue weighted by molar-refractivity contribution is 0.149. The molecule has 0 spiro atoms. The van der Waals surface area contributed by atoms with Crippen LogP contribution in [0.3, 0.4) is 0 Å². The molecule has 4 nitrogen and oxygen atoms in total. The summed E-state index contributed by atoms with van der Waals surface area (Å²) in [7, 11) is 1.91. The minimum Gasteiger partial charge on any atom is -0.308 e. The molecule has 1 saturated heterocycles. The molecular formula is C18H31ClN4. The van der Waals surface area contributed by atoms with Crippen LogP contribution < -0.4 is 5.32 Å². The van der Waals surface area contributed by atoms with E-state index < -0.39 is 0 Å². The summed E-state index contributed by atoms with van der Waals surface area (Å²) in [6.45, 7) is 6.65. The highest BCUT2D eigenvalue weighted by Crippen LogP contribution is 2.25. The minimum absolute atomic E-state index is 0.586. The highest BCUT2D eigenvalue weighted by Gasteiger charge is 2.23. The minimum atomic E-state index is 0.586. The van der Waals surface area contributed by atoms with E-state index in [4.69, 9.17) is 11.6 Å². The first kappa shape index (κ1) is 17.2. The molecule has 0 unspecified atom stereocenters. The predicted molar refractivity (Wildman–Crippen MR) is 95.8 cm³/mol. The molecule has 0 bridgehead atoms. The first-order valence-corrected chi connectivity index (χ1v) is 9.65. The van der Waals surface area contributed by atoms with Crippen LogP contribution in [0.4, 0.5) is 0 Å². The number of hydrogen-bond donors (Lipinski definition) is 1. The van der Waals surface area contributed by atoms with E-state index in [0.717, 1.165) is 28.9 Å². The summed E-state index contributed by atoms with van der Waals surface area (Å²) in [4.78, 5) is 2.69. The lowest BCUT2D eigenvalue weighted by Gasteiger charge is -2.36. The first-order chi connectivity index (χ1) is 11.1. The first-order valence-electron chi connectivity index (χ1n) is 9.27. The summed E-state index contributed by atoms with van der Waals surface area (Å²) >= 11 is 6.34. The molecule has 0 aromatic carbocycles. The summed E-state index contributed by atoms with van der Waals surface area (Å²) in [6, 6.07) is 0.586. The van der Waals surface area contributed by atoms with Gasteiger partial charge >= 0.3 is 0 Å². The van der Waals surface area contributed by atoms with Crippen molar-refractivity contribution >= 4 is 11.6 Å². The fourth-order valence-electron chi connectivity index (χ4n) is 4.24. The smallest absolute Gasteiger partial charge is 0.131 e. The van der Waals surface area contributed by atoms with Gasteiger partial charge < -0.3 is 10.2 Å². The quantitative estimate of drug-likeness (QED) is 0.891. The molecule has 1 aliphatic heterocycles. The van der Waals surface area contributed by atoms with Crippen molar-refractivity contribution in [2.75, 3.05) is 19.6 Å². The number of piperidine rings is 1. The van der Waals surface area contributed by atoms with Gasteiger partial charge in [-0.3, -0.25) is 4.68 Å². The second-order valence-corrected chi connectivity index (χ2v) is 7.82. The number of rotatable bonds is 5. The Labute approximate surface area is 145 Å². The largest absolute Gasteiger partial charge is 0.308 e. The highest BCUT2D eigenvalue weighted by atomic mass is 35.5. The van der Waals surface area contributed by atoms with Gasteiger partial charge in [-0.1, -0.05) is 30.9 Å². The van der Waals surface area contributed by atoms with E-state index in [2.05, 4.69) is 15.3 Å². The molecule has 0 radical (unpaired) electrons. The molecule has 1 saturated carbocycles. The molecule has 1 aliphatic carbocycles. The number of halogens is 1. The zero-order chi connectivity index (χ0) is 16.2. The molecule has 0 amide bonds. The van der Waals surface area contributed by atoms with Crippen molar-refractivity contribution in [3.8, 4) is 0 Å². The third kappa shape index (κ3) is 4.49. The monoisotopic (exact) mass is 338 g/mol. The summed E-state index contributed by atoms with van der Waals surface area (Å²) in [5.41, 5.74) is 2.19. The van der Waals surface area contributed by atoms with E-state index in [9.17, 15) is 0 Å². The molecule has 3 rings (SSSR count). The Balaban J connectivity index is 1.48. The average molecular weight is 339 g/mol. The molecule has 1 aromatic rings. The van der Waals surface area contributed by atoms with Crippen molar-refractivity contribution < 1.29 is 0 Å². The van der Waals surface area contributed by atoms with Gasteiger partial charge in [0.25, 0.3) is 0 Å². The van der Waals surface area contributed by atoms with Gasteiger partial charge in [0.15, 0.2) is 0 Å². The van der Waals surface area contributed by atoms with Crippen LogP contribution in [0.1, 0.15) is 56.2 Å². The molecule has 2 aliphatic rings. The standard InChI is InChI=1S/C18H31ClN4/c1-14-17(18(19)22(2)21-14)11-20-16-9-6-10-23(13-16)12-15-7-4-3-5-8-15/h15-16,20H,3-13H2,1-2H3/t16-/m0/s1. The molecule has 130 valence electrons. The molecule has 2 fully saturated rings. The van der Waals surface area contributed by atoms with Gasteiger partial charge in [0, 0.05) is 38.3 Å². The van der Waals surface area contributed by atoms with E-state index >= 15 is 0 Å². The van der Waals surface area contributed by atoms with Crippen molar-refractivity contribution in [3.63, 3.8) is 0 Å². The molecule has 1 atom stereocenters. The van der Waals surface area contributed by atoms with Gasteiger partial charge in [-0.05, 0) is 45.1 Å². The predicted octanol–water partition coefficient (Wildman–Crippen LogP) is 3.52. The lowest BCUT2D eigenvalue weighted by Crippen LogP contribution is -2.47. The maximum Gasteiger partial charge on any atom is 0.131 e. The second-order valence-electron chi connectivity index (χ2n) is 7.46. The lowest BCUT2D eigenvalue weighted by atomic mass is 9.88. The zero-order valence-electron chi connectivity index (χ0n) is 14.7. The van der Waals surface area contributed by atoms with E-state index in [1.165, 1.54) is 64.6 Å². The maximum atomic E-state index is 6.34. The third-order valence-corrected chi connectivity index (χ3v) is 6.06. The van der Waals surface area contributed by atoms with Gasteiger partial charge in [0.1, 0.15) is 5.15 Å². The molecular weight excluding hydrogens is 308 g/mol. The van der Waals surface area contributed by atoms with E-state index in [1.54, 1.807) is 4.68 Å². The van der Waals surface area contributed by atoms with Crippen LogP contribution in [0.25, 0.3) is 0 Å². The van der Waals surface area contributed by atoms with Gasteiger partial charge in [-0.2, -0.15) is 5.10 Å². The Hall–Kier alpha value is -0.580. The zero-order valence-corrected chi connectivity index (χ0v) is 15.4. The van der Waals surface area contributed by atoms with Crippen LogP contribution in [-0.4, -0.2) is 40.4 Å². The van der Waals surface area contributed by atoms with Gasteiger partial charge in [-0.25, -0.2) is 0 Å². The summed E-state index contributed by atoms with van der Waals surface area (Å²) in [6.07, 6.45) is 9.81. The highest BCUT2D eigenvalue weighted by molar-refractivity contribution is 6.30. The van der Waals surface area contributed by atoms with Crippen molar-refractivity contribution in [2.24, 2.45) is 13.0 Å². The number of likely N-dealkylation sites (tertiary alicyclic amines) is 1. The van der Waals surface area contributed by atoms with Crippen LogP contribution >= 0.6 is 11.6 Å². The Kier molecular flexibility index (Phi) is 6.00. The van der Waals surface area contributed by atoms with E-state index in [-0.39, 0.29) is 0 Å². The summed E-state index contributed by atoms with van der Waals surface area (Å²) < 4.78 is 1.77. The third-order valence-electron chi connectivity index (χ3n) is 5.58. The molecule has 1 aromatic heterocycles. The SMILES string of the molecule is Cc1nn(C)c(Cl)c1CN[C@H]1CCCN(CC2CCCCC2)C1. The van der Waals surface area contributed by atoms with Crippen molar-refractivity contribution in [1.82, 2.24) is 20.0 Å². The van der Waals surface area contributed by atoms with Crippen LogP contribution in [-0.2, 0) is 13.6 Å². The summed E-state index contributed by atoms with van der Waals surface area (Å²) in [5.74, 6) is 0.942. The van der Waals surface area contributed by atoms with Gasteiger partial charge in [-0.15, -0.1) is 0 Å². The van der Waals surface area contributed by atoms with Crippen molar-refractivity contribution in [2.45, 2.75) is 64.5 Å². The Morgan fingerprint density at radius 2 is 1.96 bits per heavy atom. The topological polar surface area (TPSA) is 33.1 Å². The number of hydrogen-bond acceptors (Lipinski definition) is 3. The van der Waals surface area contributed by atoms with Gasteiger partial charge in [0.2, 0.25) is 0 Å². The van der Waals surface area contributed by atoms with Crippen LogP contribution in [0, 0.1) is 12.8 Å². The maximum absolute atomic E-state index is 6.34. The van der Waals surface area contributed by atoms with E-state index in [1.807, 2.05) is 14.0 Å². The Morgan fingerprint density at radius 1 is 1.17 bits per heavy atom. The van der Waals surface area contributed by atoms with Crippen LogP contribution in [0.2, 0.25) is 5.15 Å². The number of aromatic nitrogens is 2. The second kappa shape index (κ2) is 8.00. The molecule has 2 heterocycles. The molecule has 1 N–H and O–H groups in total. The molecule has 5 heteroatoms. The normalized spacial score (nSPS) is 24.2. The number of nitrogens with one attached hydrogen (secondary N) is 1. The number of nitrogens with zero attached hydrogens (tertiary/aromatic N) is 3. The fourth-order valence-corrected chi connectivity index (χ4v) is 4.49. The number of aryl methyl sites for hydroxylation is 2. The Bertz CT molecular complexity index is 507. The molecule has 23 heavy (non-hydrogen) atoms. The summed E-state index contributed by atoms with van der Waals surface area (Å²) in [5, 5.41) is 8.89. The van der Waals surface area contributed by atoms with Crippen molar-refractivity contribution in [1.29, 1.82) is 0 Å². The fraction of sp³-hybridized carbons (Fsp3) is 0.833.